The minimum atomic E-state index is -0.910. The first-order chi connectivity index (χ1) is 12.0. The summed E-state index contributed by atoms with van der Waals surface area (Å²) in [6.45, 7) is 2.12. The number of hydrogen-bond acceptors (Lipinski definition) is 2. The molecule has 0 saturated carbocycles. The second-order valence-electron chi connectivity index (χ2n) is 5.68. The van der Waals surface area contributed by atoms with Crippen LogP contribution in [-0.2, 0) is 4.79 Å². The number of amides is 2. The van der Waals surface area contributed by atoms with Crippen LogP contribution < -0.4 is 10.6 Å². The molecular weight excluding hydrogens is 326 g/mol. The molecule has 132 valence electrons. The Bertz CT molecular complexity index is 735. The summed E-state index contributed by atoms with van der Waals surface area (Å²) in [6, 6.07) is 12.3. The molecule has 0 saturated heterocycles. The predicted octanol–water partition coefficient (Wildman–Crippen LogP) is 3.35. The topological polar surface area (TPSA) is 58.2 Å². The van der Waals surface area contributed by atoms with E-state index in [0.717, 1.165) is 17.7 Å². The number of halogens is 2. The zero-order valence-electron chi connectivity index (χ0n) is 13.9. The van der Waals surface area contributed by atoms with Gasteiger partial charge in [-0.15, -0.1) is 0 Å². The van der Waals surface area contributed by atoms with E-state index in [0.29, 0.717) is 12.5 Å². The molecule has 1 unspecified atom stereocenters. The van der Waals surface area contributed by atoms with Crippen molar-refractivity contribution < 1.29 is 18.4 Å². The summed E-state index contributed by atoms with van der Waals surface area (Å²) in [6.07, 6.45) is 0.658. The van der Waals surface area contributed by atoms with Crippen LogP contribution in [0.4, 0.5) is 8.78 Å². The lowest BCUT2D eigenvalue weighted by molar-refractivity contribution is -0.121. The molecule has 0 aromatic heterocycles. The molecule has 0 fully saturated rings. The minimum Gasteiger partial charge on any atom is -0.352 e. The van der Waals surface area contributed by atoms with Gasteiger partial charge >= 0.3 is 0 Å². The van der Waals surface area contributed by atoms with Crippen LogP contribution in [0, 0.1) is 11.6 Å². The smallest absolute Gasteiger partial charge is 0.254 e. The normalized spacial score (nSPS) is 11.6. The maximum absolute atomic E-state index is 13.5. The molecule has 25 heavy (non-hydrogen) atoms. The van der Waals surface area contributed by atoms with Gasteiger partial charge < -0.3 is 10.6 Å². The van der Waals surface area contributed by atoms with E-state index in [-0.39, 0.29) is 30.5 Å². The third-order valence-corrected chi connectivity index (χ3v) is 3.72. The maximum Gasteiger partial charge on any atom is 0.254 e. The first-order valence-corrected chi connectivity index (χ1v) is 8.05. The predicted molar refractivity (Wildman–Crippen MR) is 90.9 cm³/mol. The Hall–Kier alpha value is -2.76. The number of carbonyl (C=O) groups excluding carboxylic acids is 2. The summed E-state index contributed by atoms with van der Waals surface area (Å²) in [5.41, 5.74) is 0.791. The summed E-state index contributed by atoms with van der Waals surface area (Å²) < 4.78 is 26.3. The van der Waals surface area contributed by atoms with E-state index in [4.69, 9.17) is 0 Å². The molecule has 2 N–H and O–H groups in total. The second kappa shape index (κ2) is 8.92. The average molecular weight is 346 g/mol. The molecule has 1 atom stereocenters. The molecule has 4 nitrogen and oxygen atoms in total. The lowest BCUT2D eigenvalue weighted by Crippen LogP contribution is -2.29. The zero-order chi connectivity index (χ0) is 18.2. The fourth-order valence-corrected chi connectivity index (χ4v) is 2.36. The van der Waals surface area contributed by atoms with E-state index in [1.807, 2.05) is 37.3 Å². The van der Waals surface area contributed by atoms with Crippen molar-refractivity contribution in [1.82, 2.24) is 10.6 Å². The molecule has 2 amide bonds. The van der Waals surface area contributed by atoms with Crippen LogP contribution in [0.15, 0.2) is 48.5 Å². The molecule has 2 rings (SSSR count). The summed E-state index contributed by atoms with van der Waals surface area (Å²) >= 11 is 0. The molecule has 0 aliphatic carbocycles. The van der Waals surface area contributed by atoms with Gasteiger partial charge in [-0.1, -0.05) is 30.3 Å². The van der Waals surface area contributed by atoms with Gasteiger partial charge in [0.05, 0.1) is 11.6 Å². The van der Waals surface area contributed by atoms with Gasteiger partial charge in [-0.3, -0.25) is 9.59 Å². The van der Waals surface area contributed by atoms with Gasteiger partial charge in [-0.25, -0.2) is 8.78 Å². The standard InChI is InChI=1S/C19H20F2N2O2/c1-13(14-6-3-2-4-7-14)23-18(24)8-5-11-22-19(25)16-10-9-15(20)12-17(16)21/h2-4,6-7,9-10,12-13H,5,8,11H2,1H3,(H,22,25)(H,23,24). The number of hydrogen-bond donors (Lipinski definition) is 2. The van der Waals surface area contributed by atoms with Gasteiger partial charge in [0.2, 0.25) is 5.91 Å². The van der Waals surface area contributed by atoms with Crippen molar-refractivity contribution in [2.45, 2.75) is 25.8 Å². The van der Waals surface area contributed by atoms with E-state index < -0.39 is 17.5 Å². The first-order valence-electron chi connectivity index (χ1n) is 8.05. The van der Waals surface area contributed by atoms with Crippen LogP contribution >= 0.6 is 0 Å². The van der Waals surface area contributed by atoms with Crippen LogP contribution in [0.1, 0.15) is 41.7 Å². The van der Waals surface area contributed by atoms with Crippen molar-refractivity contribution in [2.75, 3.05) is 6.54 Å². The van der Waals surface area contributed by atoms with Crippen LogP contribution in [-0.4, -0.2) is 18.4 Å². The van der Waals surface area contributed by atoms with Crippen LogP contribution in [0.3, 0.4) is 0 Å². The van der Waals surface area contributed by atoms with Gasteiger partial charge in [0.1, 0.15) is 11.6 Å². The molecular formula is C19H20F2N2O2. The highest BCUT2D eigenvalue weighted by molar-refractivity contribution is 5.94. The Morgan fingerprint density at radius 2 is 1.80 bits per heavy atom. The number of nitrogens with one attached hydrogen (secondary N) is 2. The fourth-order valence-electron chi connectivity index (χ4n) is 2.36. The average Bonchev–Trinajstić information content (AvgIpc) is 2.59. The Kier molecular flexibility index (Phi) is 6.62. The largest absolute Gasteiger partial charge is 0.352 e. The van der Waals surface area contributed by atoms with Gasteiger partial charge in [0, 0.05) is 19.0 Å². The highest BCUT2D eigenvalue weighted by Crippen LogP contribution is 2.11. The van der Waals surface area contributed by atoms with Crippen molar-refractivity contribution >= 4 is 11.8 Å². The lowest BCUT2D eigenvalue weighted by Gasteiger charge is -2.14. The number of carbonyl (C=O) groups is 2. The highest BCUT2D eigenvalue weighted by atomic mass is 19.1. The first kappa shape index (κ1) is 18.6. The van der Waals surface area contributed by atoms with Crippen LogP contribution in [0.2, 0.25) is 0 Å². The molecule has 0 aliphatic heterocycles. The summed E-state index contributed by atoms with van der Waals surface area (Å²) in [4.78, 5) is 23.7. The van der Waals surface area contributed by atoms with Crippen molar-refractivity contribution in [3.8, 4) is 0 Å². The second-order valence-corrected chi connectivity index (χ2v) is 5.68. The quantitative estimate of drug-likeness (QED) is 0.756. The molecule has 2 aromatic rings. The Morgan fingerprint density at radius 3 is 2.48 bits per heavy atom. The molecule has 0 heterocycles. The van der Waals surface area contributed by atoms with Crippen molar-refractivity contribution in [1.29, 1.82) is 0 Å². The molecule has 0 aliphatic rings. The van der Waals surface area contributed by atoms with Gasteiger partial charge in [0.15, 0.2) is 0 Å². The SMILES string of the molecule is CC(NC(=O)CCCNC(=O)c1ccc(F)cc1F)c1ccccc1. The summed E-state index contributed by atoms with van der Waals surface area (Å²) in [5.74, 6) is -2.40. The minimum absolute atomic E-state index is 0.100. The molecule has 0 spiro atoms. The Labute approximate surface area is 145 Å². The molecule has 6 heteroatoms. The summed E-state index contributed by atoms with van der Waals surface area (Å²) in [5, 5.41) is 5.40. The monoisotopic (exact) mass is 346 g/mol. The van der Waals surface area contributed by atoms with E-state index in [2.05, 4.69) is 10.6 Å². The fraction of sp³-hybridized carbons (Fsp3) is 0.263. The molecule has 2 aromatic carbocycles. The van der Waals surface area contributed by atoms with Crippen LogP contribution in [0.5, 0.6) is 0 Å². The molecule has 0 bridgehead atoms. The van der Waals surface area contributed by atoms with Crippen molar-refractivity contribution in [3.63, 3.8) is 0 Å². The third-order valence-electron chi connectivity index (χ3n) is 3.72. The van der Waals surface area contributed by atoms with Crippen LogP contribution in [0.25, 0.3) is 0 Å². The number of rotatable bonds is 7. The Morgan fingerprint density at radius 1 is 1.08 bits per heavy atom. The van der Waals surface area contributed by atoms with E-state index in [1.54, 1.807) is 0 Å². The Balaban J connectivity index is 1.71. The number of benzene rings is 2. The highest BCUT2D eigenvalue weighted by Gasteiger charge is 2.12. The lowest BCUT2D eigenvalue weighted by atomic mass is 10.1. The maximum atomic E-state index is 13.5. The van der Waals surface area contributed by atoms with Gasteiger partial charge in [0.25, 0.3) is 5.91 Å². The van der Waals surface area contributed by atoms with Crippen molar-refractivity contribution in [3.05, 3.63) is 71.3 Å². The summed E-state index contributed by atoms with van der Waals surface area (Å²) in [7, 11) is 0. The van der Waals surface area contributed by atoms with E-state index in [1.165, 1.54) is 0 Å². The third kappa shape index (κ3) is 5.67. The van der Waals surface area contributed by atoms with Gasteiger partial charge in [-0.05, 0) is 31.0 Å². The zero-order valence-corrected chi connectivity index (χ0v) is 13.9. The van der Waals surface area contributed by atoms with Crippen molar-refractivity contribution in [2.24, 2.45) is 0 Å². The van der Waals surface area contributed by atoms with E-state index in [9.17, 15) is 18.4 Å². The molecule has 0 radical (unpaired) electrons. The van der Waals surface area contributed by atoms with Gasteiger partial charge in [-0.2, -0.15) is 0 Å². The van der Waals surface area contributed by atoms with E-state index >= 15 is 0 Å².